The van der Waals surface area contributed by atoms with Gasteiger partial charge in [0.05, 0.1) is 4.92 Å². The molecule has 130 valence electrons. The van der Waals surface area contributed by atoms with Crippen molar-refractivity contribution in [3.8, 4) is 0 Å². The molecule has 0 aliphatic carbocycles. The van der Waals surface area contributed by atoms with Crippen LogP contribution < -0.4 is 0 Å². The zero-order valence-corrected chi connectivity index (χ0v) is 14.1. The van der Waals surface area contributed by atoms with E-state index in [-0.39, 0.29) is 10.6 Å². The molecule has 0 bridgehead atoms. The van der Waals surface area contributed by atoms with Crippen molar-refractivity contribution in [2.75, 3.05) is 6.61 Å². The van der Waals surface area contributed by atoms with Crippen molar-refractivity contribution in [3.63, 3.8) is 0 Å². The highest BCUT2D eigenvalue weighted by Crippen LogP contribution is 2.24. The van der Waals surface area contributed by atoms with Crippen LogP contribution in [-0.4, -0.2) is 23.3 Å². The smallest absolute Gasteiger partial charge is 0.345 e. The molecule has 0 unspecified atom stereocenters. The summed E-state index contributed by atoms with van der Waals surface area (Å²) >= 11 is 5.71. The summed E-state index contributed by atoms with van der Waals surface area (Å²) in [4.78, 5) is 34.7. The third-order valence-corrected chi connectivity index (χ3v) is 4.02. The Morgan fingerprint density at radius 1 is 1.00 bits per heavy atom. The molecule has 0 saturated heterocycles. The summed E-state index contributed by atoms with van der Waals surface area (Å²) in [6.07, 6.45) is 0. The minimum Gasteiger partial charge on any atom is -0.454 e. The Labute approximate surface area is 153 Å². The Morgan fingerprint density at radius 2 is 1.73 bits per heavy atom. The second-order valence-electron chi connectivity index (χ2n) is 5.48. The van der Waals surface area contributed by atoms with Gasteiger partial charge in [0.25, 0.3) is 5.69 Å². The van der Waals surface area contributed by atoms with Crippen LogP contribution in [0.15, 0.2) is 60.7 Å². The average Bonchev–Trinajstić information content (AvgIpc) is 2.65. The maximum Gasteiger partial charge on any atom is 0.345 e. The highest BCUT2D eigenvalue weighted by Gasteiger charge is 2.22. The SMILES string of the molecule is O=C(COC(=O)c1ccc(Cl)cc1[N+](=O)[O-])c1ccc2ccccc2c1. The molecular weight excluding hydrogens is 358 g/mol. The van der Waals surface area contributed by atoms with E-state index >= 15 is 0 Å². The van der Waals surface area contributed by atoms with Crippen molar-refractivity contribution in [3.05, 3.63) is 86.9 Å². The van der Waals surface area contributed by atoms with Gasteiger partial charge in [0.2, 0.25) is 0 Å². The van der Waals surface area contributed by atoms with Gasteiger partial charge < -0.3 is 4.74 Å². The van der Waals surface area contributed by atoms with Crippen molar-refractivity contribution in [1.82, 2.24) is 0 Å². The van der Waals surface area contributed by atoms with Gasteiger partial charge in [0.1, 0.15) is 5.56 Å². The summed E-state index contributed by atoms with van der Waals surface area (Å²) in [5.41, 5.74) is -0.339. The maximum atomic E-state index is 12.3. The van der Waals surface area contributed by atoms with Crippen molar-refractivity contribution < 1.29 is 19.2 Å². The number of benzene rings is 3. The predicted octanol–water partition coefficient (Wildman–Crippen LogP) is 4.44. The molecule has 7 heteroatoms. The minimum atomic E-state index is -0.956. The normalized spacial score (nSPS) is 10.5. The van der Waals surface area contributed by atoms with Gasteiger partial charge in [0, 0.05) is 16.7 Å². The number of rotatable bonds is 5. The van der Waals surface area contributed by atoms with Gasteiger partial charge >= 0.3 is 5.97 Å². The molecule has 26 heavy (non-hydrogen) atoms. The van der Waals surface area contributed by atoms with E-state index < -0.39 is 29.0 Å². The number of nitrogens with zero attached hydrogens (tertiary/aromatic N) is 1. The number of halogens is 1. The summed E-state index contributed by atoms with van der Waals surface area (Å²) < 4.78 is 4.95. The highest BCUT2D eigenvalue weighted by molar-refractivity contribution is 6.31. The molecule has 3 rings (SSSR count). The Morgan fingerprint density at radius 3 is 2.46 bits per heavy atom. The molecule has 3 aromatic rings. The van der Waals surface area contributed by atoms with E-state index in [2.05, 4.69) is 0 Å². The van der Waals surface area contributed by atoms with Gasteiger partial charge in [-0.2, -0.15) is 0 Å². The predicted molar refractivity (Wildman–Crippen MR) is 96.7 cm³/mol. The van der Waals surface area contributed by atoms with Crippen molar-refractivity contribution >= 4 is 39.8 Å². The minimum absolute atomic E-state index is 0.125. The Balaban J connectivity index is 1.74. The first-order valence-corrected chi connectivity index (χ1v) is 7.96. The van der Waals surface area contributed by atoms with Crippen LogP contribution in [0.2, 0.25) is 5.02 Å². The molecule has 0 heterocycles. The highest BCUT2D eigenvalue weighted by atomic mass is 35.5. The molecular formula is C19H12ClNO5. The number of hydrogen-bond donors (Lipinski definition) is 0. The van der Waals surface area contributed by atoms with E-state index in [0.717, 1.165) is 16.8 Å². The number of ether oxygens (including phenoxy) is 1. The lowest BCUT2D eigenvalue weighted by atomic mass is 10.0. The summed E-state index contributed by atoms with van der Waals surface area (Å²) in [5, 5.41) is 13.0. The number of nitro groups is 1. The standard InChI is InChI=1S/C19H12ClNO5/c20-15-7-8-16(17(10-15)21(24)25)19(23)26-11-18(22)14-6-5-12-3-1-2-4-13(12)9-14/h1-10H,11H2. The monoisotopic (exact) mass is 369 g/mol. The largest absolute Gasteiger partial charge is 0.454 e. The fourth-order valence-corrected chi connectivity index (χ4v) is 2.65. The first-order valence-electron chi connectivity index (χ1n) is 7.59. The molecule has 0 atom stereocenters. The maximum absolute atomic E-state index is 12.3. The van der Waals surface area contributed by atoms with E-state index in [4.69, 9.17) is 16.3 Å². The molecule has 6 nitrogen and oxygen atoms in total. The Hall–Kier alpha value is -3.25. The molecule has 0 radical (unpaired) electrons. The van der Waals surface area contributed by atoms with Crippen LogP contribution in [0.5, 0.6) is 0 Å². The van der Waals surface area contributed by atoms with Crippen LogP contribution in [0.1, 0.15) is 20.7 Å². The van der Waals surface area contributed by atoms with Crippen LogP contribution in [0, 0.1) is 10.1 Å². The van der Waals surface area contributed by atoms with Crippen LogP contribution >= 0.6 is 11.6 Å². The van der Waals surface area contributed by atoms with Gasteiger partial charge in [0.15, 0.2) is 12.4 Å². The molecule has 0 aromatic heterocycles. The van der Waals surface area contributed by atoms with Gasteiger partial charge in [-0.15, -0.1) is 0 Å². The lowest BCUT2D eigenvalue weighted by Gasteiger charge is -2.06. The van der Waals surface area contributed by atoms with Crippen LogP contribution in [0.25, 0.3) is 10.8 Å². The molecule has 3 aromatic carbocycles. The quantitative estimate of drug-likeness (QED) is 0.287. The molecule has 0 spiro atoms. The van der Waals surface area contributed by atoms with Gasteiger partial charge in [-0.05, 0) is 29.0 Å². The van der Waals surface area contributed by atoms with Crippen LogP contribution in [-0.2, 0) is 4.74 Å². The third-order valence-electron chi connectivity index (χ3n) is 3.78. The Bertz CT molecular complexity index is 1030. The van der Waals surface area contributed by atoms with Crippen molar-refractivity contribution in [2.45, 2.75) is 0 Å². The number of ketones is 1. The fourth-order valence-electron chi connectivity index (χ4n) is 2.48. The lowest BCUT2D eigenvalue weighted by Crippen LogP contribution is -2.15. The lowest BCUT2D eigenvalue weighted by molar-refractivity contribution is -0.385. The van der Waals surface area contributed by atoms with Crippen molar-refractivity contribution in [1.29, 1.82) is 0 Å². The molecule has 0 aliphatic heterocycles. The molecule has 0 fully saturated rings. The number of carbonyl (C=O) groups excluding carboxylic acids is 2. The van der Waals surface area contributed by atoms with Gasteiger partial charge in [-0.25, -0.2) is 4.79 Å². The van der Waals surface area contributed by atoms with Gasteiger partial charge in [-0.3, -0.25) is 14.9 Å². The summed E-state index contributed by atoms with van der Waals surface area (Å²) in [6.45, 7) is -0.517. The molecule has 0 N–H and O–H groups in total. The summed E-state index contributed by atoms with van der Waals surface area (Å²) in [7, 11) is 0. The number of esters is 1. The summed E-state index contributed by atoms with van der Waals surface area (Å²) in [6, 6.07) is 16.3. The number of hydrogen-bond acceptors (Lipinski definition) is 5. The number of Topliss-reactive ketones (excluding diaryl/α,β-unsaturated/α-hetero) is 1. The zero-order chi connectivity index (χ0) is 18.7. The second kappa shape index (κ2) is 7.33. The van der Waals surface area contributed by atoms with Gasteiger partial charge in [-0.1, -0.05) is 48.0 Å². The van der Waals surface area contributed by atoms with E-state index in [0.29, 0.717) is 5.56 Å². The first kappa shape index (κ1) is 17.6. The summed E-state index contributed by atoms with van der Waals surface area (Å²) in [5.74, 6) is -1.36. The number of carbonyl (C=O) groups is 2. The van der Waals surface area contributed by atoms with E-state index in [1.807, 2.05) is 24.3 Å². The van der Waals surface area contributed by atoms with Crippen molar-refractivity contribution in [2.24, 2.45) is 0 Å². The van der Waals surface area contributed by atoms with E-state index in [1.54, 1.807) is 18.2 Å². The average molecular weight is 370 g/mol. The fraction of sp³-hybridized carbons (Fsp3) is 0.0526. The topological polar surface area (TPSA) is 86.5 Å². The number of nitro benzene ring substituents is 1. The van der Waals surface area contributed by atoms with Crippen LogP contribution in [0.4, 0.5) is 5.69 Å². The van der Waals surface area contributed by atoms with E-state index in [9.17, 15) is 19.7 Å². The third kappa shape index (κ3) is 3.70. The molecule has 0 saturated carbocycles. The first-order chi connectivity index (χ1) is 12.5. The zero-order valence-electron chi connectivity index (χ0n) is 13.3. The molecule has 0 aliphatic rings. The van der Waals surface area contributed by atoms with Crippen LogP contribution in [0.3, 0.4) is 0 Å². The van der Waals surface area contributed by atoms with E-state index in [1.165, 1.54) is 12.1 Å². The molecule has 0 amide bonds. The number of fused-ring (bicyclic) bond motifs is 1. The second-order valence-corrected chi connectivity index (χ2v) is 5.92. The Kier molecular flexibility index (Phi) is 4.95.